The molecule has 0 amide bonds. The number of aliphatic hydroxyl groups is 1. The Morgan fingerprint density at radius 1 is 1.25 bits per heavy atom. The smallest absolute Gasteiger partial charge is 0.129 e. The van der Waals surface area contributed by atoms with Crippen molar-refractivity contribution in [3.8, 4) is 0 Å². The van der Waals surface area contributed by atoms with Gasteiger partial charge >= 0.3 is 0 Å². The van der Waals surface area contributed by atoms with Crippen LogP contribution in [0.1, 0.15) is 25.7 Å². The first-order valence-corrected chi connectivity index (χ1v) is 7.32. The van der Waals surface area contributed by atoms with E-state index in [0.717, 1.165) is 41.8 Å². The molecule has 2 heterocycles. The minimum Gasteiger partial charge on any atom is -0.399 e. The molecular formula is C16H21N3O. The number of rotatable bonds is 3. The second-order valence-electron chi connectivity index (χ2n) is 5.48. The van der Waals surface area contributed by atoms with Crippen LogP contribution in [0.25, 0.3) is 10.9 Å². The van der Waals surface area contributed by atoms with Crippen molar-refractivity contribution in [3.63, 3.8) is 0 Å². The predicted molar refractivity (Wildman–Crippen MR) is 82.8 cm³/mol. The summed E-state index contributed by atoms with van der Waals surface area (Å²) in [6.07, 6.45) is 4.40. The molecular weight excluding hydrogens is 250 g/mol. The summed E-state index contributed by atoms with van der Waals surface area (Å²) in [5.41, 5.74) is 7.54. The van der Waals surface area contributed by atoms with E-state index in [1.807, 2.05) is 18.2 Å². The first-order chi connectivity index (χ1) is 9.78. The number of pyridine rings is 1. The first-order valence-electron chi connectivity index (χ1n) is 7.32. The van der Waals surface area contributed by atoms with Gasteiger partial charge in [0.25, 0.3) is 0 Å². The van der Waals surface area contributed by atoms with Gasteiger partial charge in [0.05, 0.1) is 5.52 Å². The van der Waals surface area contributed by atoms with Gasteiger partial charge in [0.2, 0.25) is 0 Å². The third-order valence-electron chi connectivity index (χ3n) is 4.08. The van der Waals surface area contributed by atoms with E-state index in [1.54, 1.807) is 0 Å². The van der Waals surface area contributed by atoms with Crippen LogP contribution in [0.4, 0.5) is 11.5 Å². The Morgan fingerprint density at radius 2 is 2.15 bits per heavy atom. The molecule has 1 unspecified atom stereocenters. The molecule has 4 heteroatoms. The Bertz CT molecular complexity index is 597. The van der Waals surface area contributed by atoms with E-state index in [0.29, 0.717) is 6.04 Å². The number of aliphatic hydroxyl groups excluding tert-OH is 1. The van der Waals surface area contributed by atoms with Crippen molar-refractivity contribution in [2.45, 2.75) is 31.7 Å². The Labute approximate surface area is 119 Å². The lowest BCUT2D eigenvalue weighted by Gasteiger charge is -2.36. The van der Waals surface area contributed by atoms with E-state index in [-0.39, 0.29) is 6.61 Å². The normalized spacial score (nSPS) is 19.4. The maximum absolute atomic E-state index is 9.22. The highest BCUT2D eigenvalue weighted by Crippen LogP contribution is 2.27. The van der Waals surface area contributed by atoms with Crippen LogP contribution in [0, 0.1) is 0 Å². The van der Waals surface area contributed by atoms with Crippen molar-refractivity contribution in [1.82, 2.24) is 4.98 Å². The van der Waals surface area contributed by atoms with Crippen molar-refractivity contribution < 1.29 is 5.11 Å². The minimum atomic E-state index is 0.241. The summed E-state index contributed by atoms with van der Waals surface area (Å²) in [6, 6.07) is 10.4. The number of nitrogens with zero attached hydrogens (tertiary/aromatic N) is 2. The molecule has 1 atom stereocenters. The van der Waals surface area contributed by atoms with Crippen molar-refractivity contribution in [3.05, 3.63) is 30.3 Å². The van der Waals surface area contributed by atoms with Gasteiger partial charge in [-0.1, -0.05) is 0 Å². The lowest BCUT2D eigenvalue weighted by atomic mass is 9.99. The Morgan fingerprint density at radius 3 is 3.00 bits per heavy atom. The van der Waals surface area contributed by atoms with E-state index in [4.69, 9.17) is 10.7 Å². The second-order valence-corrected chi connectivity index (χ2v) is 5.48. The molecule has 0 aliphatic carbocycles. The molecule has 2 aromatic rings. The van der Waals surface area contributed by atoms with Gasteiger partial charge in [0.15, 0.2) is 0 Å². The van der Waals surface area contributed by atoms with Gasteiger partial charge in [0, 0.05) is 30.3 Å². The Kier molecular flexibility index (Phi) is 3.74. The number of benzene rings is 1. The third-order valence-corrected chi connectivity index (χ3v) is 4.08. The molecule has 1 fully saturated rings. The molecule has 0 spiro atoms. The number of aromatic nitrogens is 1. The van der Waals surface area contributed by atoms with Gasteiger partial charge in [-0.05, 0) is 56.0 Å². The first kappa shape index (κ1) is 13.2. The van der Waals surface area contributed by atoms with Crippen LogP contribution in [0.5, 0.6) is 0 Å². The van der Waals surface area contributed by atoms with Crippen LogP contribution in [-0.2, 0) is 0 Å². The van der Waals surface area contributed by atoms with Gasteiger partial charge in [0.1, 0.15) is 5.82 Å². The van der Waals surface area contributed by atoms with Crippen molar-refractivity contribution in [2.24, 2.45) is 0 Å². The quantitative estimate of drug-likeness (QED) is 0.842. The molecule has 3 rings (SSSR count). The van der Waals surface area contributed by atoms with E-state index < -0.39 is 0 Å². The van der Waals surface area contributed by atoms with Crippen LogP contribution in [0.15, 0.2) is 30.3 Å². The fraction of sp³-hybridized carbons (Fsp3) is 0.438. The average molecular weight is 271 g/mol. The summed E-state index contributed by atoms with van der Waals surface area (Å²) in [5.74, 6) is 1.01. The summed E-state index contributed by atoms with van der Waals surface area (Å²) < 4.78 is 0. The van der Waals surface area contributed by atoms with Crippen LogP contribution in [-0.4, -0.2) is 29.3 Å². The molecule has 1 aromatic carbocycles. The van der Waals surface area contributed by atoms with Gasteiger partial charge in [-0.3, -0.25) is 0 Å². The summed E-state index contributed by atoms with van der Waals surface area (Å²) in [6.45, 7) is 1.27. The zero-order valence-electron chi connectivity index (χ0n) is 11.6. The molecule has 1 aliphatic rings. The van der Waals surface area contributed by atoms with E-state index in [1.165, 1.54) is 12.8 Å². The molecule has 0 bridgehead atoms. The van der Waals surface area contributed by atoms with E-state index in [9.17, 15) is 5.11 Å². The molecule has 1 aromatic heterocycles. The zero-order valence-corrected chi connectivity index (χ0v) is 11.6. The van der Waals surface area contributed by atoms with Crippen LogP contribution in [0.3, 0.4) is 0 Å². The molecule has 3 N–H and O–H groups in total. The van der Waals surface area contributed by atoms with Crippen LogP contribution >= 0.6 is 0 Å². The SMILES string of the molecule is Nc1ccc2nc(N3CCCCC3CCO)ccc2c1. The fourth-order valence-electron chi connectivity index (χ4n) is 3.04. The lowest BCUT2D eigenvalue weighted by molar-refractivity contribution is 0.262. The molecule has 106 valence electrons. The highest BCUT2D eigenvalue weighted by molar-refractivity contribution is 5.83. The fourth-order valence-corrected chi connectivity index (χ4v) is 3.04. The van der Waals surface area contributed by atoms with Crippen LogP contribution < -0.4 is 10.6 Å². The summed E-state index contributed by atoms with van der Waals surface area (Å²) in [4.78, 5) is 7.10. The molecule has 1 saturated heterocycles. The third kappa shape index (κ3) is 2.56. The predicted octanol–water partition coefficient (Wildman–Crippen LogP) is 2.56. The van der Waals surface area contributed by atoms with E-state index >= 15 is 0 Å². The highest BCUT2D eigenvalue weighted by Gasteiger charge is 2.23. The molecule has 20 heavy (non-hydrogen) atoms. The van der Waals surface area contributed by atoms with Gasteiger partial charge in [-0.15, -0.1) is 0 Å². The summed E-state index contributed by atoms with van der Waals surface area (Å²) in [5, 5.41) is 10.3. The lowest BCUT2D eigenvalue weighted by Crippen LogP contribution is -2.40. The number of anilines is 2. The monoisotopic (exact) mass is 271 g/mol. The van der Waals surface area contributed by atoms with Crippen molar-refractivity contribution >= 4 is 22.4 Å². The number of nitrogens with two attached hydrogens (primary N) is 1. The minimum absolute atomic E-state index is 0.241. The van der Waals surface area contributed by atoms with Gasteiger partial charge in [-0.25, -0.2) is 4.98 Å². The number of hydrogen-bond donors (Lipinski definition) is 2. The largest absolute Gasteiger partial charge is 0.399 e. The molecule has 0 saturated carbocycles. The molecule has 0 radical (unpaired) electrons. The maximum atomic E-state index is 9.22. The van der Waals surface area contributed by atoms with E-state index in [2.05, 4.69) is 17.0 Å². The summed E-state index contributed by atoms with van der Waals surface area (Å²) >= 11 is 0. The summed E-state index contributed by atoms with van der Waals surface area (Å²) in [7, 11) is 0. The van der Waals surface area contributed by atoms with Crippen molar-refractivity contribution in [1.29, 1.82) is 0 Å². The second kappa shape index (κ2) is 5.67. The van der Waals surface area contributed by atoms with Gasteiger partial charge < -0.3 is 15.7 Å². The Hall–Kier alpha value is -1.81. The standard InChI is InChI=1S/C16H21N3O/c17-13-5-6-15-12(11-13)4-7-16(18-15)19-9-2-1-3-14(19)8-10-20/h4-7,11,14,20H,1-3,8-10,17H2. The molecule has 4 nitrogen and oxygen atoms in total. The van der Waals surface area contributed by atoms with Gasteiger partial charge in [-0.2, -0.15) is 0 Å². The zero-order chi connectivity index (χ0) is 13.9. The number of fused-ring (bicyclic) bond motifs is 1. The maximum Gasteiger partial charge on any atom is 0.129 e. The Balaban J connectivity index is 1.93. The van der Waals surface area contributed by atoms with Crippen LogP contribution in [0.2, 0.25) is 0 Å². The molecule has 1 aliphatic heterocycles. The van der Waals surface area contributed by atoms with Crippen molar-refractivity contribution in [2.75, 3.05) is 23.8 Å². The number of hydrogen-bond acceptors (Lipinski definition) is 4. The number of piperidine rings is 1. The number of nitrogen functional groups attached to an aromatic ring is 1. The topological polar surface area (TPSA) is 62.4 Å². The highest BCUT2D eigenvalue weighted by atomic mass is 16.3. The average Bonchev–Trinajstić information content (AvgIpc) is 2.48.